The van der Waals surface area contributed by atoms with Gasteiger partial charge < -0.3 is 9.88 Å². The van der Waals surface area contributed by atoms with Crippen LogP contribution >= 0.6 is 0 Å². The molecule has 0 saturated heterocycles. The predicted octanol–water partition coefficient (Wildman–Crippen LogP) is -0.0915. The molecular formula is C10H15N7O. The molecule has 2 rings (SSSR count). The quantitative estimate of drug-likeness (QED) is 0.771. The molecule has 0 unspecified atom stereocenters. The van der Waals surface area contributed by atoms with E-state index in [1.165, 1.54) is 0 Å². The molecule has 18 heavy (non-hydrogen) atoms. The zero-order valence-electron chi connectivity index (χ0n) is 10.3. The van der Waals surface area contributed by atoms with E-state index in [0.29, 0.717) is 24.6 Å². The number of hydrogen-bond donors (Lipinski definition) is 2. The smallest absolute Gasteiger partial charge is 0.291 e. The third-order valence-electron chi connectivity index (χ3n) is 2.51. The van der Waals surface area contributed by atoms with Gasteiger partial charge in [0.1, 0.15) is 12.2 Å². The van der Waals surface area contributed by atoms with Crippen molar-refractivity contribution in [1.29, 1.82) is 0 Å². The van der Waals surface area contributed by atoms with Crippen LogP contribution in [0.1, 0.15) is 36.1 Å². The number of aromatic nitrogens is 6. The number of amides is 1. The molecule has 0 aliphatic rings. The summed E-state index contributed by atoms with van der Waals surface area (Å²) in [6.07, 6.45) is 2.34. The van der Waals surface area contributed by atoms with Gasteiger partial charge >= 0.3 is 0 Å². The van der Waals surface area contributed by atoms with Crippen LogP contribution in [0, 0.1) is 0 Å². The van der Waals surface area contributed by atoms with Gasteiger partial charge in [-0.05, 0) is 6.92 Å². The van der Waals surface area contributed by atoms with Crippen molar-refractivity contribution >= 4 is 5.91 Å². The van der Waals surface area contributed by atoms with Gasteiger partial charge in [0.25, 0.3) is 5.91 Å². The highest BCUT2D eigenvalue weighted by Gasteiger charge is 2.12. The maximum absolute atomic E-state index is 11.8. The Morgan fingerprint density at radius 2 is 2.33 bits per heavy atom. The van der Waals surface area contributed by atoms with Crippen molar-refractivity contribution in [3.63, 3.8) is 0 Å². The largest absolute Gasteiger partial charge is 0.342 e. The summed E-state index contributed by atoms with van der Waals surface area (Å²) in [5.74, 6) is 1.22. The van der Waals surface area contributed by atoms with Crippen molar-refractivity contribution in [1.82, 2.24) is 35.3 Å². The molecule has 2 aromatic heterocycles. The normalized spacial score (nSPS) is 10.6. The van der Waals surface area contributed by atoms with Crippen LogP contribution in [-0.2, 0) is 19.5 Å². The number of nitrogens with one attached hydrogen (secondary N) is 2. The van der Waals surface area contributed by atoms with Crippen LogP contribution < -0.4 is 5.32 Å². The van der Waals surface area contributed by atoms with E-state index < -0.39 is 0 Å². The molecule has 0 spiro atoms. The standard InChI is InChI=1S/C10H15N7O/c1-3-7-13-9(16-14-7)10(18)11-5-8-15-12-6-17(8)4-2/h6H,3-5H2,1-2H3,(H,11,18)(H,13,14,16). The monoisotopic (exact) mass is 249 g/mol. The zero-order chi connectivity index (χ0) is 13.0. The number of carbonyl (C=O) groups excluding carboxylic acids is 1. The first-order chi connectivity index (χ1) is 8.74. The maximum Gasteiger partial charge on any atom is 0.291 e. The molecule has 0 atom stereocenters. The molecule has 0 aromatic carbocycles. The maximum atomic E-state index is 11.8. The predicted molar refractivity (Wildman–Crippen MR) is 62.6 cm³/mol. The molecule has 2 aromatic rings. The number of nitrogens with zero attached hydrogens (tertiary/aromatic N) is 5. The second-order valence-electron chi connectivity index (χ2n) is 3.68. The van der Waals surface area contributed by atoms with Gasteiger partial charge in [0.15, 0.2) is 5.82 Å². The lowest BCUT2D eigenvalue weighted by Crippen LogP contribution is -2.25. The SMILES string of the molecule is CCc1nc(C(=O)NCc2nncn2CC)n[nH]1. The number of rotatable bonds is 5. The Balaban J connectivity index is 1.96. The van der Waals surface area contributed by atoms with Crippen LogP contribution in [0.5, 0.6) is 0 Å². The van der Waals surface area contributed by atoms with E-state index in [-0.39, 0.29) is 11.7 Å². The van der Waals surface area contributed by atoms with Gasteiger partial charge in [-0.2, -0.15) is 0 Å². The van der Waals surface area contributed by atoms with Crippen molar-refractivity contribution in [3.8, 4) is 0 Å². The summed E-state index contributed by atoms with van der Waals surface area (Å²) >= 11 is 0. The summed E-state index contributed by atoms with van der Waals surface area (Å²) in [5, 5.41) is 17.0. The number of aryl methyl sites for hydroxylation is 2. The molecular weight excluding hydrogens is 234 g/mol. The summed E-state index contributed by atoms with van der Waals surface area (Å²) in [7, 11) is 0. The Bertz CT molecular complexity index is 530. The molecule has 0 bridgehead atoms. The van der Waals surface area contributed by atoms with Crippen molar-refractivity contribution in [2.75, 3.05) is 0 Å². The second-order valence-corrected chi connectivity index (χ2v) is 3.68. The molecule has 96 valence electrons. The molecule has 8 heteroatoms. The first-order valence-corrected chi connectivity index (χ1v) is 5.80. The van der Waals surface area contributed by atoms with E-state index in [2.05, 4.69) is 30.7 Å². The van der Waals surface area contributed by atoms with E-state index in [4.69, 9.17) is 0 Å². The van der Waals surface area contributed by atoms with Crippen LogP contribution in [0.4, 0.5) is 0 Å². The Hall–Kier alpha value is -2.25. The molecule has 8 nitrogen and oxygen atoms in total. The molecule has 2 heterocycles. The number of H-pyrrole nitrogens is 1. The first kappa shape index (κ1) is 12.2. The average Bonchev–Trinajstić information content (AvgIpc) is 3.04. The van der Waals surface area contributed by atoms with Gasteiger partial charge in [0, 0.05) is 13.0 Å². The van der Waals surface area contributed by atoms with Crippen molar-refractivity contribution in [3.05, 3.63) is 23.8 Å². The van der Waals surface area contributed by atoms with Crippen LogP contribution in [0.2, 0.25) is 0 Å². The molecule has 1 amide bonds. The van der Waals surface area contributed by atoms with Crippen LogP contribution in [-0.4, -0.2) is 35.9 Å². The Morgan fingerprint density at radius 3 is 3.00 bits per heavy atom. The van der Waals surface area contributed by atoms with Crippen LogP contribution in [0.25, 0.3) is 0 Å². The Labute approximate surface area is 104 Å². The highest BCUT2D eigenvalue weighted by Crippen LogP contribution is 1.97. The van der Waals surface area contributed by atoms with Crippen molar-refractivity contribution < 1.29 is 4.79 Å². The molecule has 0 radical (unpaired) electrons. The second kappa shape index (κ2) is 5.39. The fourth-order valence-electron chi connectivity index (χ4n) is 1.47. The number of hydrogen-bond acceptors (Lipinski definition) is 5. The Morgan fingerprint density at radius 1 is 1.50 bits per heavy atom. The lowest BCUT2D eigenvalue weighted by molar-refractivity contribution is 0.0939. The van der Waals surface area contributed by atoms with Gasteiger partial charge in [0.05, 0.1) is 6.54 Å². The number of carbonyl (C=O) groups is 1. The Kier molecular flexibility index (Phi) is 3.66. The average molecular weight is 249 g/mol. The van der Waals surface area contributed by atoms with E-state index >= 15 is 0 Å². The fraction of sp³-hybridized carbons (Fsp3) is 0.500. The van der Waals surface area contributed by atoms with Crippen molar-refractivity contribution in [2.45, 2.75) is 33.4 Å². The minimum absolute atomic E-state index is 0.148. The van der Waals surface area contributed by atoms with Crippen LogP contribution in [0.3, 0.4) is 0 Å². The van der Waals surface area contributed by atoms with Crippen LogP contribution in [0.15, 0.2) is 6.33 Å². The molecule has 2 N–H and O–H groups in total. The van der Waals surface area contributed by atoms with Gasteiger partial charge in [-0.25, -0.2) is 4.98 Å². The molecule has 0 aliphatic carbocycles. The molecule has 0 aliphatic heterocycles. The highest BCUT2D eigenvalue weighted by molar-refractivity contribution is 5.90. The zero-order valence-corrected chi connectivity index (χ0v) is 10.3. The lowest BCUT2D eigenvalue weighted by Gasteiger charge is -2.03. The summed E-state index contributed by atoms with van der Waals surface area (Å²) in [6.45, 7) is 4.99. The third-order valence-corrected chi connectivity index (χ3v) is 2.51. The third kappa shape index (κ3) is 2.53. The van der Waals surface area contributed by atoms with Gasteiger partial charge in [-0.3, -0.25) is 9.89 Å². The first-order valence-electron chi connectivity index (χ1n) is 5.80. The van der Waals surface area contributed by atoms with E-state index in [1.807, 2.05) is 18.4 Å². The molecule has 0 fully saturated rings. The van der Waals surface area contributed by atoms with E-state index in [9.17, 15) is 4.79 Å². The summed E-state index contributed by atoms with van der Waals surface area (Å²) in [6, 6.07) is 0. The number of aromatic amines is 1. The van der Waals surface area contributed by atoms with Crippen molar-refractivity contribution in [2.24, 2.45) is 0 Å². The van der Waals surface area contributed by atoms with E-state index in [0.717, 1.165) is 6.54 Å². The topological polar surface area (TPSA) is 101 Å². The van der Waals surface area contributed by atoms with E-state index in [1.54, 1.807) is 6.33 Å². The summed E-state index contributed by atoms with van der Waals surface area (Å²) < 4.78 is 1.86. The highest BCUT2D eigenvalue weighted by atomic mass is 16.2. The summed E-state index contributed by atoms with van der Waals surface area (Å²) in [5.41, 5.74) is 0. The van der Waals surface area contributed by atoms with Gasteiger partial charge in [0.2, 0.25) is 5.82 Å². The minimum atomic E-state index is -0.323. The fourth-order valence-corrected chi connectivity index (χ4v) is 1.47. The van der Waals surface area contributed by atoms with Gasteiger partial charge in [-0.1, -0.05) is 6.92 Å². The lowest BCUT2D eigenvalue weighted by atomic mass is 10.4. The minimum Gasteiger partial charge on any atom is -0.342 e. The summed E-state index contributed by atoms with van der Waals surface area (Å²) in [4.78, 5) is 15.8. The molecule has 0 saturated carbocycles. The van der Waals surface area contributed by atoms with Gasteiger partial charge in [-0.15, -0.1) is 15.3 Å².